The first-order chi connectivity index (χ1) is 13.0. The number of fused-ring (bicyclic) bond motifs is 1. The maximum Gasteiger partial charge on any atom is 0.307 e. The van der Waals surface area contributed by atoms with E-state index in [-0.39, 0.29) is 12.4 Å². The van der Waals surface area contributed by atoms with Gasteiger partial charge in [-0.05, 0) is 33.9 Å². The molecule has 0 fully saturated rings. The molecule has 27 heavy (non-hydrogen) atoms. The normalized spacial score (nSPS) is 12.7. The molecule has 0 bridgehead atoms. The second-order valence-electron chi connectivity index (χ2n) is 6.36. The third-order valence-electron chi connectivity index (χ3n) is 4.25. The van der Waals surface area contributed by atoms with Crippen LogP contribution < -0.4 is 11.5 Å². The van der Waals surface area contributed by atoms with Crippen molar-refractivity contribution in [1.82, 2.24) is 4.90 Å². The van der Waals surface area contributed by atoms with Crippen molar-refractivity contribution < 1.29 is 9.90 Å². The van der Waals surface area contributed by atoms with Crippen LogP contribution in [-0.4, -0.2) is 21.9 Å². The number of aliphatic carboxylic acids is 1. The average Bonchev–Trinajstić information content (AvgIpc) is 2.80. The standard InChI is InChI=1S/C21H22N4O2/c22-21(23)24-12-15-5-7-16(8-6-15)13-25-10-9-17-3-1-2-4-19(17)18(14-25)11-20(26)27/h1-10,14H,11-13H2,(H,26,27)(H4,22,23,24). The Morgan fingerprint density at radius 2 is 1.74 bits per heavy atom. The van der Waals surface area contributed by atoms with Gasteiger partial charge in [0.25, 0.3) is 0 Å². The number of nitrogens with zero attached hydrogens (tertiary/aromatic N) is 2. The van der Waals surface area contributed by atoms with Crippen molar-refractivity contribution in [3.8, 4) is 0 Å². The van der Waals surface area contributed by atoms with Gasteiger partial charge in [-0.1, -0.05) is 48.5 Å². The SMILES string of the molecule is NC(N)=NCc1ccc(CN2C=Cc3ccccc3C(CC(=O)O)=C2)cc1. The van der Waals surface area contributed by atoms with Crippen molar-refractivity contribution in [2.24, 2.45) is 16.5 Å². The summed E-state index contributed by atoms with van der Waals surface area (Å²) in [5, 5.41) is 9.27. The van der Waals surface area contributed by atoms with Crippen LogP contribution in [0.2, 0.25) is 0 Å². The van der Waals surface area contributed by atoms with E-state index in [0.717, 1.165) is 27.8 Å². The molecule has 0 unspecified atom stereocenters. The van der Waals surface area contributed by atoms with Crippen LogP contribution in [0.1, 0.15) is 28.7 Å². The Morgan fingerprint density at radius 1 is 1.04 bits per heavy atom. The Balaban J connectivity index is 1.80. The number of aliphatic imine (C=N–C) groups is 1. The van der Waals surface area contributed by atoms with Gasteiger partial charge in [0.15, 0.2) is 5.96 Å². The molecule has 6 nitrogen and oxygen atoms in total. The summed E-state index contributed by atoms with van der Waals surface area (Å²) in [4.78, 5) is 17.3. The number of hydrogen-bond donors (Lipinski definition) is 3. The van der Waals surface area contributed by atoms with E-state index in [2.05, 4.69) is 4.99 Å². The number of benzene rings is 2. The Bertz CT molecular complexity index is 910. The second-order valence-corrected chi connectivity index (χ2v) is 6.36. The Hall–Kier alpha value is -3.54. The molecule has 0 radical (unpaired) electrons. The summed E-state index contributed by atoms with van der Waals surface area (Å²) in [7, 11) is 0. The highest BCUT2D eigenvalue weighted by molar-refractivity contribution is 5.87. The van der Waals surface area contributed by atoms with E-state index in [1.54, 1.807) is 0 Å². The smallest absolute Gasteiger partial charge is 0.307 e. The van der Waals surface area contributed by atoms with Crippen LogP contribution in [0.15, 0.2) is 65.9 Å². The predicted molar refractivity (Wildman–Crippen MR) is 107 cm³/mol. The molecular formula is C21H22N4O2. The first kappa shape index (κ1) is 18.3. The molecule has 0 aliphatic carbocycles. The van der Waals surface area contributed by atoms with Crippen molar-refractivity contribution in [2.75, 3.05) is 0 Å². The molecule has 2 aromatic carbocycles. The topological polar surface area (TPSA) is 105 Å². The third kappa shape index (κ3) is 4.98. The highest BCUT2D eigenvalue weighted by Crippen LogP contribution is 2.27. The highest BCUT2D eigenvalue weighted by atomic mass is 16.4. The summed E-state index contributed by atoms with van der Waals surface area (Å²) in [5.74, 6) is -0.772. The summed E-state index contributed by atoms with van der Waals surface area (Å²) in [5.41, 5.74) is 15.6. The minimum absolute atomic E-state index is 0.0212. The van der Waals surface area contributed by atoms with Crippen molar-refractivity contribution in [2.45, 2.75) is 19.5 Å². The van der Waals surface area contributed by atoms with Gasteiger partial charge >= 0.3 is 5.97 Å². The molecule has 1 aliphatic rings. The largest absolute Gasteiger partial charge is 0.481 e. The fourth-order valence-corrected chi connectivity index (χ4v) is 2.97. The maximum atomic E-state index is 11.3. The lowest BCUT2D eigenvalue weighted by Gasteiger charge is -2.17. The van der Waals surface area contributed by atoms with Gasteiger partial charge in [-0.3, -0.25) is 4.79 Å². The summed E-state index contributed by atoms with van der Waals surface area (Å²) in [6, 6.07) is 15.8. The number of carboxylic acid groups (broad SMARTS) is 1. The molecule has 6 heteroatoms. The van der Waals surface area contributed by atoms with Crippen LogP contribution in [-0.2, 0) is 17.9 Å². The molecule has 0 amide bonds. The number of guanidine groups is 1. The van der Waals surface area contributed by atoms with Gasteiger partial charge < -0.3 is 21.5 Å². The minimum Gasteiger partial charge on any atom is -0.481 e. The molecule has 5 N–H and O–H groups in total. The van der Waals surface area contributed by atoms with Crippen molar-refractivity contribution in [3.05, 3.63) is 83.2 Å². The van der Waals surface area contributed by atoms with E-state index in [4.69, 9.17) is 11.5 Å². The van der Waals surface area contributed by atoms with Gasteiger partial charge in [-0.2, -0.15) is 0 Å². The molecule has 0 atom stereocenters. The summed E-state index contributed by atoms with van der Waals surface area (Å²) < 4.78 is 0. The fraction of sp³-hybridized carbons (Fsp3) is 0.143. The van der Waals surface area contributed by atoms with Crippen LogP contribution in [0, 0.1) is 0 Å². The first-order valence-corrected chi connectivity index (χ1v) is 8.60. The van der Waals surface area contributed by atoms with E-state index in [1.807, 2.05) is 71.9 Å². The van der Waals surface area contributed by atoms with Gasteiger partial charge in [-0.15, -0.1) is 0 Å². The molecule has 2 aromatic rings. The molecule has 1 aliphatic heterocycles. The van der Waals surface area contributed by atoms with E-state index in [1.165, 1.54) is 0 Å². The Kier molecular flexibility index (Phi) is 5.56. The Labute approximate surface area is 158 Å². The number of hydrogen-bond acceptors (Lipinski definition) is 3. The minimum atomic E-state index is -0.845. The van der Waals surface area contributed by atoms with E-state index in [0.29, 0.717) is 13.1 Å². The number of carbonyl (C=O) groups is 1. The van der Waals surface area contributed by atoms with Crippen LogP contribution >= 0.6 is 0 Å². The summed E-state index contributed by atoms with van der Waals surface area (Å²) >= 11 is 0. The first-order valence-electron chi connectivity index (χ1n) is 8.60. The fourth-order valence-electron chi connectivity index (χ4n) is 2.97. The third-order valence-corrected chi connectivity index (χ3v) is 4.25. The van der Waals surface area contributed by atoms with Crippen LogP contribution in [0.4, 0.5) is 0 Å². The van der Waals surface area contributed by atoms with Gasteiger partial charge in [-0.25, -0.2) is 4.99 Å². The molecule has 3 rings (SSSR count). The van der Waals surface area contributed by atoms with Gasteiger partial charge in [0, 0.05) is 18.9 Å². The predicted octanol–water partition coefficient (Wildman–Crippen LogP) is 2.76. The van der Waals surface area contributed by atoms with Crippen LogP contribution in [0.3, 0.4) is 0 Å². The lowest BCUT2D eigenvalue weighted by atomic mass is 9.98. The quantitative estimate of drug-likeness (QED) is 0.541. The zero-order valence-corrected chi connectivity index (χ0v) is 14.9. The molecule has 138 valence electrons. The van der Waals surface area contributed by atoms with Gasteiger partial charge in [0.1, 0.15) is 0 Å². The molecule has 0 saturated heterocycles. The monoisotopic (exact) mass is 362 g/mol. The number of carboxylic acids is 1. The number of nitrogens with two attached hydrogens (primary N) is 2. The van der Waals surface area contributed by atoms with E-state index in [9.17, 15) is 9.90 Å². The Morgan fingerprint density at radius 3 is 2.44 bits per heavy atom. The zero-order valence-electron chi connectivity index (χ0n) is 14.9. The lowest BCUT2D eigenvalue weighted by Crippen LogP contribution is -2.22. The van der Waals surface area contributed by atoms with E-state index >= 15 is 0 Å². The molecular weight excluding hydrogens is 340 g/mol. The molecule has 1 heterocycles. The summed E-state index contributed by atoms with van der Waals surface area (Å²) in [6.45, 7) is 1.08. The van der Waals surface area contributed by atoms with E-state index < -0.39 is 5.97 Å². The summed E-state index contributed by atoms with van der Waals surface area (Å²) in [6.07, 6.45) is 5.87. The van der Waals surface area contributed by atoms with Crippen molar-refractivity contribution in [3.63, 3.8) is 0 Å². The van der Waals surface area contributed by atoms with Gasteiger partial charge in [0.2, 0.25) is 0 Å². The average molecular weight is 362 g/mol. The number of rotatable bonds is 6. The van der Waals surface area contributed by atoms with Crippen molar-refractivity contribution >= 4 is 23.6 Å². The van der Waals surface area contributed by atoms with Crippen molar-refractivity contribution in [1.29, 1.82) is 0 Å². The maximum absolute atomic E-state index is 11.3. The zero-order chi connectivity index (χ0) is 19.2. The van der Waals surface area contributed by atoms with Crippen LogP contribution in [0.25, 0.3) is 11.6 Å². The molecule has 0 spiro atoms. The van der Waals surface area contributed by atoms with Gasteiger partial charge in [0.05, 0.1) is 13.0 Å². The molecule has 0 aromatic heterocycles. The van der Waals surface area contributed by atoms with Crippen LogP contribution in [0.5, 0.6) is 0 Å². The second kappa shape index (κ2) is 8.23. The molecule has 0 saturated carbocycles. The lowest BCUT2D eigenvalue weighted by molar-refractivity contribution is -0.135. The highest BCUT2D eigenvalue weighted by Gasteiger charge is 2.14.